The van der Waals surface area contributed by atoms with Crippen molar-refractivity contribution in [3.8, 4) is 0 Å². The van der Waals surface area contributed by atoms with Crippen molar-refractivity contribution in [2.24, 2.45) is 0 Å². The minimum Gasteiger partial charge on any atom is -0.478 e. The SMILES string of the molecule is CC(C)(C)OC(=O)NC(C)(C)c1ncc(C(=O)O)cn1. The molecule has 1 aromatic rings. The third-order valence-electron chi connectivity index (χ3n) is 2.27. The molecule has 0 unspecified atom stereocenters. The molecule has 0 saturated heterocycles. The van der Waals surface area contributed by atoms with E-state index in [1.54, 1.807) is 34.6 Å². The van der Waals surface area contributed by atoms with E-state index in [0.717, 1.165) is 0 Å². The van der Waals surface area contributed by atoms with Crippen molar-refractivity contribution in [3.05, 3.63) is 23.8 Å². The summed E-state index contributed by atoms with van der Waals surface area (Å²) in [6, 6.07) is 0. The minimum absolute atomic E-state index is 0.0122. The molecule has 0 aliphatic rings. The van der Waals surface area contributed by atoms with Crippen LogP contribution >= 0.6 is 0 Å². The zero-order valence-corrected chi connectivity index (χ0v) is 12.2. The van der Waals surface area contributed by atoms with Gasteiger partial charge in [-0.1, -0.05) is 0 Å². The molecule has 0 radical (unpaired) electrons. The topological polar surface area (TPSA) is 101 Å². The Morgan fingerprint density at radius 2 is 1.65 bits per heavy atom. The quantitative estimate of drug-likeness (QED) is 0.877. The molecule has 1 amide bonds. The molecule has 1 rings (SSSR count). The summed E-state index contributed by atoms with van der Waals surface area (Å²) in [6.07, 6.45) is 1.81. The Balaban J connectivity index is 2.82. The van der Waals surface area contributed by atoms with Crippen LogP contribution in [0.25, 0.3) is 0 Å². The van der Waals surface area contributed by atoms with Crippen LogP contribution in [0.1, 0.15) is 50.8 Å². The van der Waals surface area contributed by atoms with Gasteiger partial charge in [0.2, 0.25) is 0 Å². The second-order valence-corrected chi connectivity index (χ2v) is 5.85. The Bertz CT molecular complexity index is 503. The number of nitrogens with zero attached hydrogens (tertiary/aromatic N) is 2. The zero-order chi connectivity index (χ0) is 15.6. The number of alkyl carbamates (subject to hydrolysis) is 1. The van der Waals surface area contributed by atoms with E-state index in [2.05, 4.69) is 15.3 Å². The number of hydrogen-bond donors (Lipinski definition) is 2. The monoisotopic (exact) mass is 281 g/mol. The summed E-state index contributed by atoms with van der Waals surface area (Å²) in [6.45, 7) is 8.69. The highest BCUT2D eigenvalue weighted by atomic mass is 16.6. The first-order valence-electron chi connectivity index (χ1n) is 6.08. The lowest BCUT2D eigenvalue weighted by molar-refractivity contribution is 0.0465. The highest BCUT2D eigenvalue weighted by molar-refractivity contribution is 5.86. The largest absolute Gasteiger partial charge is 0.478 e. The highest BCUT2D eigenvalue weighted by Gasteiger charge is 2.28. The van der Waals surface area contributed by atoms with Crippen LogP contribution in [-0.4, -0.2) is 32.7 Å². The molecule has 0 fully saturated rings. The van der Waals surface area contributed by atoms with Crippen LogP contribution < -0.4 is 5.32 Å². The Kier molecular flexibility index (Phi) is 4.32. The van der Waals surface area contributed by atoms with E-state index in [4.69, 9.17) is 9.84 Å². The lowest BCUT2D eigenvalue weighted by Gasteiger charge is -2.27. The van der Waals surface area contributed by atoms with E-state index in [1.165, 1.54) is 12.4 Å². The van der Waals surface area contributed by atoms with Crippen LogP contribution in [-0.2, 0) is 10.3 Å². The summed E-state index contributed by atoms with van der Waals surface area (Å²) in [7, 11) is 0. The Labute approximate surface area is 117 Å². The lowest BCUT2D eigenvalue weighted by atomic mass is 10.1. The van der Waals surface area contributed by atoms with Crippen molar-refractivity contribution < 1.29 is 19.4 Å². The van der Waals surface area contributed by atoms with Gasteiger partial charge in [0.1, 0.15) is 5.60 Å². The average Bonchev–Trinajstić information content (AvgIpc) is 2.25. The molecule has 110 valence electrons. The highest BCUT2D eigenvalue weighted by Crippen LogP contribution is 2.17. The van der Waals surface area contributed by atoms with Gasteiger partial charge in [-0.2, -0.15) is 0 Å². The van der Waals surface area contributed by atoms with Gasteiger partial charge in [-0.05, 0) is 34.6 Å². The number of carboxylic acids is 1. The van der Waals surface area contributed by atoms with E-state index < -0.39 is 23.2 Å². The number of aromatic nitrogens is 2. The maximum absolute atomic E-state index is 11.7. The Morgan fingerprint density at radius 1 is 1.15 bits per heavy atom. The second kappa shape index (κ2) is 5.44. The van der Waals surface area contributed by atoms with Crippen molar-refractivity contribution in [1.82, 2.24) is 15.3 Å². The number of aromatic carboxylic acids is 1. The Hall–Kier alpha value is -2.18. The van der Waals surface area contributed by atoms with Crippen molar-refractivity contribution in [2.75, 3.05) is 0 Å². The van der Waals surface area contributed by atoms with Gasteiger partial charge in [0.05, 0.1) is 11.1 Å². The molecule has 2 N–H and O–H groups in total. The first-order valence-corrected chi connectivity index (χ1v) is 6.08. The van der Waals surface area contributed by atoms with Crippen molar-refractivity contribution in [2.45, 2.75) is 45.8 Å². The molecule has 0 atom stereocenters. The number of ether oxygens (including phenoxy) is 1. The fraction of sp³-hybridized carbons (Fsp3) is 0.538. The second-order valence-electron chi connectivity index (χ2n) is 5.85. The molecule has 0 aliphatic heterocycles. The molecule has 1 heterocycles. The van der Waals surface area contributed by atoms with Gasteiger partial charge in [-0.15, -0.1) is 0 Å². The number of carboxylic acid groups (broad SMARTS) is 1. The van der Waals surface area contributed by atoms with Crippen LogP contribution in [0, 0.1) is 0 Å². The lowest BCUT2D eigenvalue weighted by Crippen LogP contribution is -2.44. The molecule has 20 heavy (non-hydrogen) atoms. The van der Waals surface area contributed by atoms with E-state index in [9.17, 15) is 9.59 Å². The number of amides is 1. The predicted octanol–water partition coefficient (Wildman–Crippen LogP) is 1.93. The number of nitrogens with one attached hydrogen (secondary N) is 1. The molecule has 0 aromatic carbocycles. The first kappa shape index (κ1) is 15.9. The third-order valence-corrected chi connectivity index (χ3v) is 2.27. The summed E-state index contributed by atoms with van der Waals surface area (Å²) < 4.78 is 5.16. The van der Waals surface area contributed by atoms with Gasteiger partial charge in [-0.25, -0.2) is 19.6 Å². The molecular weight excluding hydrogens is 262 g/mol. The number of hydrogen-bond acceptors (Lipinski definition) is 5. The standard InChI is InChI=1S/C13H19N3O4/c1-12(2,3)20-11(19)16-13(4,5)10-14-6-8(7-15-10)9(17)18/h6-7H,1-5H3,(H,16,19)(H,17,18). The van der Waals surface area contributed by atoms with Crippen LogP contribution in [0.2, 0.25) is 0 Å². The maximum atomic E-state index is 11.7. The summed E-state index contributed by atoms with van der Waals surface area (Å²) >= 11 is 0. The average molecular weight is 281 g/mol. The molecule has 0 bridgehead atoms. The number of carbonyl (C=O) groups is 2. The van der Waals surface area contributed by atoms with E-state index in [1.807, 2.05) is 0 Å². The molecule has 1 aromatic heterocycles. The number of carbonyl (C=O) groups excluding carboxylic acids is 1. The molecule has 7 nitrogen and oxygen atoms in total. The minimum atomic E-state index is -1.10. The molecule has 0 saturated carbocycles. The molecule has 0 aliphatic carbocycles. The summed E-state index contributed by atoms with van der Waals surface area (Å²) in [5.74, 6) is -0.803. The smallest absolute Gasteiger partial charge is 0.408 e. The molecule has 0 spiro atoms. The van der Waals surface area contributed by atoms with E-state index >= 15 is 0 Å². The number of rotatable bonds is 3. The van der Waals surface area contributed by atoms with E-state index in [0.29, 0.717) is 5.82 Å². The van der Waals surface area contributed by atoms with Crippen LogP contribution in [0.5, 0.6) is 0 Å². The van der Waals surface area contributed by atoms with Crippen molar-refractivity contribution in [3.63, 3.8) is 0 Å². The first-order chi connectivity index (χ1) is 9.01. The van der Waals surface area contributed by atoms with Gasteiger partial charge in [0, 0.05) is 12.4 Å². The van der Waals surface area contributed by atoms with Crippen LogP contribution in [0.15, 0.2) is 12.4 Å². The normalized spacial score (nSPS) is 11.8. The predicted molar refractivity (Wildman–Crippen MR) is 71.4 cm³/mol. The fourth-order valence-corrected chi connectivity index (χ4v) is 1.38. The molecule has 7 heteroatoms. The maximum Gasteiger partial charge on any atom is 0.408 e. The summed E-state index contributed by atoms with van der Waals surface area (Å²) in [4.78, 5) is 30.4. The van der Waals surface area contributed by atoms with Gasteiger partial charge in [-0.3, -0.25) is 0 Å². The van der Waals surface area contributed by atoms with Crippen LogP contribution in [0.3, 0.4) is 0 Å². The van der Waals surface area contributed by atoms with Gasteiger partial charge >= 0.3 is 12.1 Å². The summed E-state index contributed by atoms with van der Waals surface area (Å²) in [5.41, 5.74) is -1.49. The van der Waals surface area contributed by atoms with Gasteiger partial charge < -0.3 is 15.2 Å². The van der Waals surface area contributed by atoms with Crippen LogP contribution in [0.4, 0.5) is 4.79 Å². The fourth-order valence-electron chi connectivity index (χ4n) is 1.38. The zero-order valence-electron chi connectivity index (χ0n) is 12.2. The van der Waals surface area contributed by atoms with E-state index in [-0.39, 0.29) is 5.56 Å². The van der Waals surface area contributed by atoms with Gasteiger partial charge in [0.25, 0.3) is 0 Å². The van der Waals surface area contributed by atoms with Crippen molar-refractivity contribution in [1.29, 1.82) is 0 Å². The third kappa shape index (κ3) is 4.49. The molecular formula is C13H19N3O4. The van der Waals surface area contributed by atoms with Gasteiger partial charge in [0.15, 0.2) is 5.82 Å². The van der Waals surface area contributed by atoms with Crippen molar-refractivity contribution >= 4 is 12.1 Å². The Morgan fingerprint density at radius 3 is 2.05 bits per heavy atom. The summed E-state index contributed by atoms with van der Waals surface area (Å²) in [5, 5.41) is 11.4.